The Labute approximate surface area is 120 Å². The summed E-state index contributed by atoms with van der Waals surface area (Å²) < 4.78 is 162. The molecule has 0 aromatic heterocycles. The van der Waals surface area contributed by atoms with Crippen molar-refractivity contribution < 1.29 is 76.5 Å². The second-order valence-corrected chi connectivity index (χ2v) is 3.65. The average Bonchev–Trinajstić information content (AvgIpc) is 2.23. The van der Waals surface area contributed by atoms with Gasteiger partial charge in [-0.1, -0.05) is 0 Å². The quantitative estimate of drug-likeness (QED) is 0.668. The summed E-state index contributed by atoms with van der Waals surface area (Å²) in [4.78, 5) is 9.69. The third-order valence-electron chi connectivity index (χ3n) is 1.82. The van der Waals surface area contributed by atoms with Gasteiger partial charge in [0.05, 0.1) is 0 Å². The Morgan fingerprint density at radius 1 is 0.625 bits per heavy atom. The van der Waals surface area contributed by atoms with Crippen molar-refractivity contribution in [3.8, 4) is 0 Å². The van der Waals surface area contributed by atoms with Crippen LogP contribution in [0.1, 0.15) is 0 Å². The van der Waals surface area contributed by atoms with Gasteiger partial charge in [-0.15, -0.1) is 0 Å². The zero-order valence-electron chi connectivity index (χ0n) is 10.1. The van der Waals surface area contributed by atoms with E-state index in [4.69, 9.17) is 5.11 Å². The first-order valence-corrected chi connectivity index (χ1v) is 4.70. The number of rotatable bonds is 7. The number of halogens is 13. The van der Waals surface area contributed by atoms with Gasteiger partial charge in [0.1, 0.15) is 0 Å². The Kier molecular flexibility index (Phi) is 5.41. The van der Waals surface area contributed by atoms with Crippen molar-refractivity contribution in [2.45, 2.75) is 36.5 Å². The highest BCUT2D eigenvalue weighted by Crippen LogP contribution is 2.51. The minimum Gasteiger partial charge on any atom is -0.475 e. The summed E-state index contributed by atoms with van der Waals surface area (Å²) in [6.45, 7) is 0. The van der Waals surface area contributed by atoms with E-state index in [1.54, 1.807) is 4.74 Å². The molecule has 0 heterocycles. The van der Waals surface area contributed by atoms with Crippen LogP contribution in [-0.4, -0.2) is 47.6 Å². The molecule has 0 saturated carbocycles. The van der Waals surface area contributed by atoms with Crippen molar-refractivity contribution in [1.82, 2.24) is 0 Å². The Bertz CT molecular complexity index is 481. The molecule has 0 fully saturated rings. The molecule has 0 aliphatic rings. The molecule has 4 nitrogen and oxygen atoms in total. The number of hydrogen-bond donors (Lipinski definition) is 1. The number of alkyl halides is 13. The largest absolute Gasteiger partial charge is 0.475 e. The first-order valence-electron chi connectivity index (χ1n) is 4.70. The summed E-state index contributed by atoms with van der Waals surface area (Å²) in [6.07, 6.45) is -35.1. The molecule has 0 radical (unpaired) electrons. The van der Waals surface area contributed by atoms with Gasteiger partial charge >= 0.3 is 42.5 Å². The second-order valence-electron chi connectivity index (χ2n) is 3.65. The normalized spacial score (nSPS) is 15.5. The van der Waals surface area contributed by atoms with Gasteiger partial charge in [-0.3, -0.25) is 0 Å². The lowest BCUT2D eigenvalue weighted by atomic mass is 10.3. The summed E-state index contributed by atoms with van der Waals surface area (Å²) in [6, 6.07) is 0. The molecule has 0 rings (SSSR count). The highest BCUT2D eigenvalue weighted by molar-refractivity contribution is 5.73. The minimum absolute atomic E-state index is 1.37. The highest BCUT2D eigenvalue weighted by Gasteiger charge is 2.79. The van der Waals surface area contributed by atoms with E-state index in [1.807, 2.05) is 0 Å². The zero-order valence-corrected chi connectivity index (χ0v) is 10.1. The SMILES string of the molecule is O=C(O)C(F)(F)OC(F)(F)C(F)(F)OC(F)(F)C(F)(F)C(F)(F)F. The molecular formula is C7HF13O4. The van der Waals surface area contributed by atoms with Crippen LogP contribution in [0, 0.1) is 0 Å². The van der Waals surface area contributed by atoms with Crippen molar-refractivity contribution in [2.75, 3.05) is 0 Å². The summed E-state index contributed by atoms with van der Waals surface area (Å²) in [5.74, 6) is -11.1. The molecule has 0 bridgehead atoms. The van der Waals surface area contributed by atoms with E-state index in [9.17, 15) is 61.9 Å². The van der Waals surface area contributed by atoms with Crippen molar-refractivity contribution in [3.05, 3.63) is 0 Å². The third-order valence-corrected chi connectivity index (χ3v) is 1.82. The van der Waals surface area contributed by atoms with Gasteiger partial charge in [0.2, 0.25) is 0 Å². The van der Waals surface area contributed by atoms with Crippen LogP contribution in [-0.2, 0) is 14.3 Å². The number of carbonyl (C=O) groups is 1. The molecule has 0 aliphatic heterocycles. The fourth-order valence-electron chi connectivity index (χ4n) is 0.714. The van der Waals surface area contributed by atoms with Crippen molar-refractivity contribution >= 4 is 5.97 Å². The van der Waals surface area contributed by atoms with Crippen molar-refractivity contribution in [1.29, 1.82) is 0 Å². The van der Waals surface area contributed by atoms with Gasteiger partial charge in [0.15, 0.2) is 0 Å². The minimum atomic E-state index is -7.45. The van der Waals surface area contributed by atoms with Gasteiger partial charge in [-0.25, -0.2) is 14.3 Å². The van der Waals surface area contributed by atoms with Crippen LogP contribution >= 0.6 is 0 Å². The molecule has 0 aliphatic carbocycles. The summed E-state index contributed by atoms with van der Waals surface area (Å²) in [5, 5.41) is 7.63. The van der Waals surface area contributed by atoms with E-state index in [2.05, 4.69) is 0 Å². The van der Waals surface area contributed by atoms with E-state index >= 15 is 0 Å². The van der Waals surface area contributed by atoms with E-state index in [-0.39, 0.29) is 0 Å². The molecule has 24 heavy (non-hydrogen) atoms. The van der Waals surface area contributed by atoms with Crippen LogP contribution in [0.5, 0.6) is 0 Å². The lowest BCUT2D eigenvalue weighted by Crippen LogP contribution is -2.60. The van der Waals surface area contributed by atoms with Gasteiger partial charge in [0, 0.05) is 0 Å². The topological polar surface area (TPSA) is 55.8 Å². The molecule has 0 aromatic rings. The van der Waals surface area contributed by atoms with Gasteiger partial charge in [0.25, 0.3) is 0 Å². The molecule has 0 atom stereocenters. The standard InChI is InChI=1S/C7HF13O4/c8-2(9,1(21)22)23-6(17,18)7(19,20)24-5(15,16)3(10,11)4(12,13)14/h(H,21,22). The summed E-state index contributed by atoms with van der Waals surface area (Å²) in [7, 11) is 0. The second kappa shape index (κ2) is 5.78. The maximum absolute atomic E-state index is 12.6. The van der Waals surface area contributed by atoms with Crippen LogP contribution in [0.2, 0.25) is 0 Å². The Morgan fingerprint density at radius 2 is 0.958 bits per heavy atom. The van der Waals surface area contributed by atoms with Crippen LogP contribution in [0.15, 0.2) is 0 Å². The molecule has 0 aromatic carbocycles. The zero-order chi connectivity index (χ0) is 20.0. The smallest absolute Gasteiger partial charge is 0.462 e. The molecule has 0 saturated heterocycles. The van der Waals surface area contributed by atoms with Crippen LogP contribution < -0.4 is 0 Å². The number of hydrogen-bond acceptors (Lipinski definition) is 3. The Hall–Kier alpha value is -1.52. The fraction of sp³-hybridized carbons (Fsp3) is 0.857. The number of carboxylic acid groups (broad SMARTS) is 1. The molecule has 0 amide bonds. The van der Waals surface area contributed by atoms with E-state index in [1.165, 1.54) is 4.74 Å². The number of ether oxygens (including phenoxy) is 2. The average molecular weight is 396 g/mol. The van der Waals surface area contributed by atoms with Gasteiger partial charge < -0.3 is 5.11 Å². The monoisotopic (exact) mass is 396 g/mol. The third kappa shape index (κ3) is 4.11. The number of aliphatic carboxylic acids is 1. The lowest BCUT2D eigenvalue weighted by molar-refractivity contribution is -0.536. The first kappa shape index (κ1) is 22.5. The fourth-order valence-corrected chi connectivity index (χ4v) is 0.714. The highest BCUT2D eigenvalue weighted by atomic mass is 19.4. The predicted octanol–water partition coefficient (Wildman–Crippen LogP) is 3.67. The first-order chi connectivity index (χ1) is 10.1. The molecule has 0 unspecified atom stereocenters. The molecule has 144 valence electrons. The lowest BCUT2D eigenvalue weighted by Gasteiger charge is -2.33. The number of carboxylic acids is 1. The Morgan fingerprint density at radius 3 is 1.25 bits per heavy atom. The van der Waals surface area contributed by atoms with E-state index < -0.39 is 42.5 Å². The van der Waals surface area contributed by atoms with E-state index in [0.717, 1.165) is 0 Å². The van der Waals surface area contributed by atoms with E-state index in [0.29, 0.717) is 0 Å². The molecule has 0 spiro atoms. The van der Waals surface area contributed by atoms with Gasteiger partial charge in [-0.2, -0.15) is 57.1 Å². The summed E-state index contributed by atoms with van der Waals surface area (Å²) in [5.41, 5.74) is 0. The molecule has 1 N–H and O–H groups in total. The van der Waals surface area contributed by atoms with Crippen LogP contribution in [0.25, 0.3) is 0 Å². The van der Waals surface area contributed by atoms with Crippen molar-refractivity contribution in [3.63, 3.8) is 0 Å². The summed E-state index contributed by atoms with van der Waals surface area (Å²) >= 11 is 0. The van der Waals surface area contributed by atoms with Gasteiger partial charge in [-0.05, 0) is 0 Å². The molecule has 17 heteroatoms. The maximum atomic E-state index is 12.6. The van der Waals surface area contributed by atoms with Crippen molar-refractivity contribution in [2.24, 2.45) is 0 Å². The van der Waals surface area contributed by atoms with Crippen LogP contribution in [0.4, 0.5) is 57.1 Å². The predicted molar refractivity (Wildman–Crippen MR) is 40.6 cm³/mol. The van der Waals surface area contributed by atoms with Crippen LogP contribution in [0.3, 0.4) is 0 Å². The Balaban J connectivity index is 5.65. The maximum Gasteiger partial charge on any atom is 0.462 e. The molecular weight excluding hydrogens is 395 g/mol.